The van der Waals surface area contributed by atoms with E-state index in [-0.39, 0.29) is 11.8 Å². The molecule has 2 N–H and O–H groups in total. The number of nitrogens with zero attached hydrogens (tertiary/aromatic N) is 5. The van der Waals surface area contributed by atoms with Gasteiger partial charge in [-0.25, -0.2) is 4.98 Å². The molecule has 29 heavy (non-hydrogen) atoms. The van der Waals surface area contributed by atoms with Crippen molar-refractivity contribution >= 4 is 22.4 Å². The fourth-order valence-electron chi connectivity index (χ4n) is 5.32. The van der Waals surface area contributed by atoms with Crippen LogP contribution in [0.25, 0.3) is 0 Å². The highest BCUT2D eigenvalue weighted by Gasteiger charge is 2.43. The van der Waals surface area contributed by atoms with Crippen LogP contribution >= 0.6 is 11.3 Å². The number of hydrogen-bond acceptors (Lipinski definition) is 7. The summed E-state index contributed by atoms with van der Waals surface area (Å²) in [6.45, 7) is 2.58. The molecule has 5 heterocycles. The van der Waals surface area contributed by atoms with E-state index in [1.165, 1.54) is 17.8 Å². The Bertz CT molecular complexity index is 847. The monoisotopic (exact) mass is 416 g/mol. The summed E-state index contributed by atoms with van der Waals surface area (Å²) < 4.78 is 1.89. The Balaban J connectivity index is 1.21. The van der Waals surface area contributed by atoms with E-state index >= 15 is 0 Å². The molecular weight excluding hydrogens is 388 g/mol. The van der Waals surface area contributed by atoms with Gasteiger partial charge in [-0.2, -0.15) is 0 Å². The minimum Gasteiger partial charge on any atom is -0.383 e. The predicted octanol–water partition coefficient (Wildman–Crippen LogP) is 2.24. The second-order valence-electron chi connectivity index (χ2n) is 8.78. The fourth-order valence-corrected chi connectivity index (χ4v) is 5.85. The van der Waals surface area contributed by atoms with Crippen LogP contribution in [0.15, 0.2) is 17.8 Å². The molecule has 2 bridgehead atoms. The summed E-state index contributed by atoms with van der Waals surface area (Å²) in [4.78, 5) is 19.3. The van der Waals surface area contributed by atoms with Crippen LogP contribution in [0.3, 0.4) is 0 Å². The molecule has 0 spiro atoms. The second-order valence-corrected chi connectivity index (χ2v) is 9.68. The van der Waals surface area contributed by atoms with Gasteiger partial charge in [0.2, 0.25) is 5.91 Å². The molecule has 0 aromatic carbocycles. The normalized spacial score (nSPS) is 30.9. The highest BCUT2D eigenvalue weighted by atomic mass is 32.1. The lowest BCUT2D eigenvalue weighted by atomic mass is 9.75. The SMILES string of the molecule is O=C(Nc1nccs1)C1CN2CCC1CC2Cn1cc(C2(O)CCCCC2)nn1. The number of thiazole rings is 1. The van der Waals surface area contributed by atoms with Crippen LogP contribution in [0, 0.1) is 11.8 Å². The maximum absolute atomic E-state index is 12.7. The standard InChI is InChI=1S/C20H28N6O2S/c27-18(22-19-21-7-9-29-19)16-12-25-8-4-14(16)10-15(25)11-26-13-17(23-24-26)20(28)5-2-1-3-6-20/h7,9,13-16,28H,1-6,8,10-12H2,(H,21,22,27). The summed E-state index contributed by atoms with van der Waals surface area (Å²) >= 11 is 1.46. The molecule has 4 aliphatic rings. The van der Waals surface area contributed by atoms with Gasteiger partial charge in [0.25, 0.3) is 0 Å². The zero-order valence-electron chi connectivity index (χ0n) is 16.5. The van der Waals surface area contributed by atoms with Crippen molar-refractivity contribution in [2.45, 2.75) is 63.1 Å². The summed E-state index contributed by atoms with van der Waals surface area (Å²) in [5.74, 6) is 0.518. The average molecular weight is 417 g/mol. The predicted molar refractivity (Wildman–Crippen MR) is 109 cm³/mol. The summed E-state index contributed by atoms with van der Waals surface area (Å²) in [5.41, 5.74) is -0.0877. The Morgan fingerprint density at radius 2 is 2.21 bits per heavy atom. The topological polar surface area (TPSA) is 96.2 Å². The number of carbonyl (C=O) groups excluding carboxylic acids is 1. The Labute approximate surface area is 174 Å². The number of amides is 1. The van der Waals surface area contributed by atoms with E-state index in [9.17, 15) is 9.90 Å². The zero-order chi connectivity index (χ0) is 19.8. The van der Waals surface area contributed by atoms with E-state index in [0.29, 0.717) is 22.8 Å². The number of nitrogens with one attached hydrogen (secondary N) is 1. The number of carbonyl (C=O) groups is 1. The second kappa shape index (κ2) is 7.77. The van der Waals surface area contributed by atoms with Crippen molar-refractivity contribution in [2.75, 3.05) is 18.4 Å². The van der Waals surface area contributed by atoms with Crippen molar-refractivity contribution in [3.63, 3.8) is 0 Å². The van der Waals surface area contributed by atoms with E-state index in [2.05, 4.69) is 25.5 Å². The summed E-state index contributed by atoms with van der Waals surface area (Å²) in [6, 6.07) is 0.369. The van der Waals surface area contributed by atoms with Gasteiger partial charge in [0, 0.05) is 24.2 Å². The molecule has 6 rings (SSSR count). The van der Waals surface area contributed by atoms with E-state index < -0.39 is 5.60 Å². The molecule has 2 aromatic rings. The van der Waals surface area contributed by atoms with Crippen LogP contribution in [0.4, 0.5) is 5.13 Å². The summed E-state index contributed by atoms with van der Waals surface area (Å²) in [6.07, 6.45) is 10.5. The smallest absolute Gasteiger partial charge is 0.230 e. The first-order chi connectivity index (χ1) is 14.1. The number of fused-ring (bicyclic) bond motifs is 3. The van der Waals surface area contributed by atoms with E-state index in [4.69, 9.17) is 0 Å². The lowest BCUT2D eigenvalue weighted by Gasteiger charge is -2.49. The molecule has 0 radical (unpaired) electrons. The number of anilines is 1. The van der Waals surface area contributed by atoms with Crippen LogP contribution < -0.4 is 5.32 Å². The van der Waals surface area contributed by atoms with Crippen molar-refractivity contribution in [2.24, 2.45) is 11.8 Å². The molecule has 1 amide bonds. The molecule has 4 fully saturated rings. The molecule has 3 aliphatic heterocycles. The lowest BCUT2D eigenvalue weighted by molar-refractivity contribution is -0.127. The molecule has 156 valence electrons. The Morgan fingerprint density at radius 1 is 1.34 bits per heavy atom. The Kier molecular flexibility index (Phi) is 5.13. The van der Waals surface area contributed by atoms with Crippen molar-refractivity contribution < 1.29 is 9.90 Å². The van der Waals surface area contributed by atoms with Gasteiger partial charge in [-0.3, -0.25) is 14.4 Å². The van der Waals surface area contributed by atoms with E-state index in [1.807, 2.05) is 16.3 Å². The first-order valence-electron chi connectivity index (χ1n) is 10.7. The van der Waals surface area contributed by atoms with Crippen molar-refractivity contribution in [1.82, 2.24) is 24.9 Å². The number of aromatic nitrogens is 4. The summed E-state index contributed by atoms with van der Waals surface area (Å²) in [7, 11) is 0. The highest BCUT2D eigenvalue weighted by Crippen LogP contribution is 2.38. The van der Waals surface area contributed by atoms with Crippen LogP contribution in [0.1, 0.15) is 50.6 Å². The maximum Gasteiger partial charge on any atom is 0.230 e. The largest absolute Gasteiger partial charge is 0.383 e. The molecule has 1 saturated carbocycles. The first-order valence-corrected chi connectivity index (χ1v) is 11.6. The van der Waals surface area contributed by atoms with E-state index in [1.54, 1.807) is 6.20 Å². The third-order valence-electron chi connectivity index (χ3n) is 6.97. The third-order valence-corrected chi connectivity index (χ3v) is 7.66. The van der Waals surface area contributed by atoms with Gasteiger partial charge in [0.1, 0.15) is 11.3 Å². The highest BCUT2D eigenvalue weighted by molar-refractivity contribution is 7.13. The Hall–Kier alpha value is -1.84. The number of piperidine rings is 3. The lowest BCUT2D eigenvalue weighted by Crippen LogP contribution is -2.57. The van der Waals surface area contributed by atoms with Gasteiger partial charge < -0.3 is 10.4 Å². The molecule has 2 aromatic heterocycles. The quantitative estimate of drug-likeness (QED) is 0.776. The van der Waals surface area contributed by atoms with Crippen LogP contribution in [-0.4, -0.2) is 55.0 Å². The average Bonchev–Trinajstić information content (AvgIpc) is 3.41. The fraction of sp³-hybridized carbons (Fsp3) is 0.700. The van der Waals surface area contributed by atoms with Crippen molar-refractivity contribution in [3.8, 4) is 0 Å². The van der Waals surface area contributed by atoms with Crippen LogP contribution in [-0.2, 0) is 16.9 Å². The molecule has 9 heteroatoms. The van der Waals surface area contributed by atoms with Crippen LogP contribution in [0.5, 0.6) is 0 Å². The Morgan fingerprint density at radius 3 is 2.93 bits per heavy atom. The molecular formula is C20H28N6O2S. The first kappa shape index (κ1) is 19.1. The minimum atomic E-state index is -0.804. The van der Waals surface area contributed by atoms with Crippen molar-refractivity contribution in [3.05, 3.63) is 23.5 Å². The van der Waals surface area contributed by atoms with Gasteiger partial charge >= 0.3 is 0 Å². The maximum atomic E-state index is 12.7. The summed E-state index contributed by atoms with van der Waals surface area (Å²) in [5, 5.41) is 25.0. The zero-order valence-corrected chi connectivity index (χ0v) is 17.4. The van der Waals surface area contributed by atoms with Gasteiger partial charge in [-0.05, 0) is 38.1 Å². The van der Waals surface area contributed by atoms with Gasteiger partial charge in [0.05, 0.1) is 18.7 Å². The van der Waals surface area contributed by atoms with Gasteiger partial charge in [-0.15, -0.1) is 16.4 Å². The molecule has 3 saturated heterocycles. The van der Waals surface area contributed by atoms with Gasteiger partial charge in [0.15, 0.2) is 5.13 Å². The molecule has 4 atom stereocenters. The van der Waals surface area contributed by atoms with Crippen LogP contribution in [0.2, 0.25) is 0 Å². The molecule has 8 nitrogen and oxygen atoms in total. The minimum absolute atomic E-state index is 0.0261. The van der Waals surface area contributed by atoms with E-state index in [0.717, 1.165) is 58.2 Å². The number of hydrogen-bond donors (Lipinski definition) is 2. The molecule has 4 unspecified atom stereocenters. The van der Waals surface area contributed by atoms with Gasteiger partial charge in [-0.1, -0.05) is 24.5 Å². The van der Waals surface area contributed by atoms with Crippen molar-refractivity contribution in [1.29, 1.82) is 0 Å². The number of rotatable bonds is 5. The third kappa shape index (κ3) is 3.83. The molecule has 1 aliphatic carbocycles. The number of aliphatic hydroxyl groups is 1.